The molecule has 4 aliphatic carbocycles. The number of amides is 2. The van der Waals surface area contributed by atoms with Gasteiger partial charge in [-0.2, -0.15) is 0 Å². The lowest BCUT2D eigenvalue weighted by Crippen LogP contribution is -2.61. The molecule has 5 rings (SSSR count). The van der Waals surface area contributed by atoms with Crippen LogP contribution in [0.25, 0.3) is 0 Å². The normalized spacial score (nSPS) is 34.2. The van der Waals surface area contributed by atoms with E-state index in [4.69, 9.17) is 0 Å². The first-order valence-electron chi connectivity index (χ1n) is 8.76. The summed E-state index contributed by atoms with van der Waals surface area (Å²) in [5, 5.41) is 5.84. The second kappa shape index (κ2) is 5.66. The highest BCUT2D eigenvalue weighted by atomic mass is 16.2. The van der Waals surface area contributed by atoms with E-state index in [1.54, 1.807) is 0 Å². The van der Waals surface area contributed by atoms with Crippen LogP contribution in [0.3, 0.4) is 0 Å². The van der Waals surface area contributed by atoms with Crippen molar-refractivity contribution in [1.29, 1.82) is 0 Å². The van der Waals surface area contributed by atoms with Crippen LogP contribution in [-0.4, -0.2) is 17.4 Å². The fourth-order valence-corrected chi connectivity index (χ4v) is 5.42. The molecule has 2 N–H and O–H groups in total. The summed E-state index contributed by atoms with van der Waals surface area (Å²) in [5.74, 6) is 1.31. The van der Waals surface area contributed by atoms with Gasteiger partial charge in [0.1, 0.15) is 0 Å². The Balaban J connectivity index is 1.35. The molecule has 4 heteroatoms. The van der Waals surface area contributed by atoms with Crippen LogP contribution in [0.1, 0.15) is 44.1 Å². The molecular formula is C19H24N2O2. The molecule has 0 aliphatic heterocycles. The zero-order chi connectivity index (χ0) is 15.9. The van der Waals surface area contributed by atoms with Crippen molar-refractivity contribution in [2.45, 2.75) is 50.6 Å². The number of carbonyl (C=O) groups is 2. The lowest BCUT2D eigenvalue weighted by Gasteiger charge is -2.56. The Labute approximate surface area is 137 Å². The lowest BCUT2D eigenvalue weighted by atomic mass is 9.53. The summed E-state index contributed by atoms with van der Waals surface area (Å²) in [4.78, 5) is 24.4. The average Bonchev–Trinajstić information content (AvgIpc) is 2.51. The van der Waals surface area contributed by atoms with Gasteiger partial charge in [-0.05, 0) is 61.8 Å². The van der Waals surface area contributed by atoms with Crippen molar-refractivity contribution in [3.63, 3.8) is 0 Å². The molecule has 4 aliphatic rings. The highest BCUT2D eigenvalue weighted by Crippen LogP contribution is 2.55. The second-order valence-electron chi connectivity index (χ2n) is 7.82. The van der Waals surface area contributed by atoms with E-state index in [1.807, 2.05) is 30.3 Å². The number of benzene rings is 1. The van der Waals surface area contributed by atoms with Gasteiger partial charge in [0.2, 0.25) is 0 Å². The lowest BCUT2D eigenvalue weighted by molar-refractivity contribution is -0.142. The van der Waals surface area contributed by atoms with E-state index in [0.717, 1.165) is 42.6 Å². The zero-order valence-corrected chi connectivity index (χ0v) is 13.4. The molecule has 4 saturated carbocycles. The van der Waals surface area contributed by atoms with Crippen molar-refractivity contribution in [3.05, 3.63) is 35.9 Å². The maximum atomic E-state index is 12.3. The molecule has 23 heavy (non-hydrogen) atoms. The molecule has 4 bridgehead atoms. The van der Waals surface area contributed by atoms with Crippen LogP contribution in [0.2, 0.25) is 0 Å². The van der Waals surface area contributed by atoms with Gasteiger partial charge < -0.3 is 10.6 Å². The zero-order valence-electron chi connectivity index (χ0n) is 13.4. The maximum Gasteiger partial charge on any atom is 0.309 e. The maximum absolute atomic E-state index is 12.3. The van der Waals surface area contributed by atoms with Gasteiger partial charge in [0, 0.05) is 12.1 Å². The van der Waals surface area contributed by atoms with Crippen LogP contribution in [0.4, 0.5) is 0 Å². The van der Waals surface area contributed by atoms with Crippen LogP contribution in [0.15, 0.2) is 30.3 Å². The fourth-order valence-electron chi connectivity index (χ4n) is 5.42. The van der Waals surface area contributed by atoms with E-state index in [2.05, 4.69) is 10.6 Å². The summed E-state index contributed by atoms with van der Waals surface area (Å²) in [6.07, 6.45) is 7.18. The molecule has 0 aromatic heterocycles. The van der Waals surface area contributed by atoms with E-state index < -0.39 is 11.8 Å². The van der Waals surface area contributed by atoms with Gasteiger partial charge in [-0.15, -0.1) is 0 Å². The number of carbonyl (C=O) groups excluding carboxylic acids is 2. The molecule has 2 amide bonds. The summed E-state index contributed by atoms with van der Waals surface area (Å²) < 4.78 is 0. The molecule has 0 unspecified atom stereocenters. The van der Waals surface area contributed by atoms with E-state index in [9.17, 15) is 9.59 Å². The van der Waals surface area contributed by atoms with Crippen molar-refractivity contribution >= 4 is 11.8 Å². The molecule has 0 radical (unpaired) electrons. The van der Waals surface area contributed by atoms with Crippen molar-refractivity contribution in [1.82, 2.24) is 10.6 Å². The third-order valence-electron chi connectivity index (χ3n) is 5.92. The molecule has 0 atom stereocenters. The first kappa shape index (κ1) is 14.7. The van der Waals surface area contributed by atoms with Gasteiger partial charge in [0.05, 0.1) is 0 Å². The molecule has 4 fully saturated rings. The molecule has 0 spiro atoms. The number of rotatable bonds is 3. The Kier molecular flexibility index (Phi) is 3.63. The van der Waals surface area contributed by atoms with E-state index in [0.29, 0.717) is 6.54 Å². The number of hydrogen-bond acceptors (Lipinski definition) is 2. The summed E-state index contributed by atoms with van der Waals surface area (Å²) in [6, 6.07) is 9.67. The molecule has 1 aromatic rings. The monoisotopic (exact) mass is 312 g/mol. The Bertz CT molecular complexity index is 576. The number of nitrogens with one attached hydrogen (secondary N) is 2. The highest BCUT2D eigenvalue weighted by Gasteiger charge is 2.51. The van der Waals surface area contributed by atoms with Crippen LogP contribution in [-0.2, 0) is 16.1 Å². The quantitative estimate of drug-likeness (QED) is 0.842. The minimum atomic E-state index is -0.510. The third-order valence-corrected chi connectivity index (χ3v) is 5.92. The third kappa shape index (κ3) is 2.99. The summed E-state index contributed by atoms with van der Waals surface area (Å²) in [6.45, 7) is 0.397. The largest absolute Gasteiger partial charge is 0.344 e. The summed E-state index contributed by atoms with van der Waals surface area (Å²) >= 11 is 0. The molecular weight excluding hydrogens is 288 g/mol. The topological polar surface area (TPSA) is 58.2 Å². The van der Waals surface area contributed by atoms with Crippen LogP contribution in [0.5, 0.6) is 0 Å². The van der Waals surface area contributed by atoms with Crippen molar-refractivity contribution in [3.8, 4) is 0 Å². The molecule has 0 heterocycles. The van der Waals surface area contributed by atoms with Gasteiger partial charge in [0.15, 0.2) is 0 Å². The van der Waals surface area contributed by atoms with Crippen LogP contribution < -0.4 is 10.6 Å². The van der Waals surface area contributed by atoms with Crippen molar-refractivity contribution in [2.24, 2.45) is 17.8 Å². The van der Waals surface area contributed by atoms with Crippen molar-refractivity contribution < 1.29 is 9.59 Å². The molecule has 4 nitrogen and oxygen atoms in total. The van der Waals surface area contributed by atoms with Gasteiger partial charge in [0.25, 0.3) is 0 Å². The standard InChI is InChI=1S/C19H24N2O2/c22-17(20-12-13-4-2-1-3-5-13)18(23)21-19-9-14-6-15(10-19)8-16(7-14)11-19/h1-5,14-16H,6-12H2,(H,20,22)(H,21,23). The van der Waals surface area contributed by atoms with E-state index >= 15 is 0 Å². The van der Waals surface area contributed by atoms with Crippen LogP contribution in [0, 0.1) is 17.8 Å². The minimum absolute atomic E-state index is 0.101. The van der Waals surface area contributed by atoms with Gasteiger partial charge in [-0.1, -0.05) is 30.3 Å². The Morgan fingerprint density at radius 3 is 2.04 bits per heavy atom. The Hall–Kier alpha value is -1.84. The van der Waals surface area contributed by atoms with Crippen LogP contribution >= 0.6 is 0 Å². The predicted molar refractivity (Wildman–Crippen MR) is 87.3 cm³/mol. The first-order chi connectivity index (χ1) is 11.1. The molecule has 1 aromatic carbocycles. The predicted octanol–water partition coefficient (Wildman–Crippen LogP) is 2.39. The van der Waals surface area contributed by atoms with E-state index in [1.165, 1.54) is 19.3 Å². The van der Waals surface area contributed by atoms with Gasteiger partial charge >= 0.3 is 11.8 Å². The highest BCUT2D eigenvalue weighted by molar-refractivity contribution is 6.35. The molecule has 122 valence electrons. The summed E-state index contributed by atoms with van der Waals surface area (Å²) in [5.41, 5.74) is 0.902. The fraction of sp³-hybridized carbons (Fsp3) is 0.579. The average molecular weight is 312 g/mol. The van der Waals surface area contributed by atoms with Crippen molar-refractivity contribution in [2.75, 3.05) is 0 Å². The summed E-state index contributed by atoms with van der Waals surface area (Å²) in [7, 11) is 0. The Morgan fingerprint density at radius 1 is 0.913 bits per heavy atom. The smallest absolute Gasteiger partial charge is 0.309 e. The Morgan fingerprint density at radius 2 is 1.48 bits per heavy atom. The second-order valence-corrected chi connectivity index (χ2v) is 7.82. The van der Waals surface area contributed by atoms with E-state index in [-0.39, 0.29) is 5.54 Å². The first-order valence-corrected chi connectivity index (χ1v) is 8.76. The SMILES string of the molecule is O=C(NCc1ccccc1)C(=O)NC12CC3CC(CC(C3)C1)C2. The van der Waals surface area contributed by atoms with Gasteiger partial charge in [-0.25, -0.2) is 0 Å². The minimum Gasteiger partial charge on any atom is -0.344 e. The van der Waals surface area contributed by atoms with Gasteiger partial charge in [-0.3, -0.25) is 9.59 Å². The molecule has 0 saturated heterocycles. The number of hydrogen-bond donors (Lipinski definition) is 2.